The first kappa shape index (κ1) is 11.1. The summed E-state index contributed by atoms with van der Waals surface area (Å²) < 4.78 is 5.10. The van der Waals surface area contributed by atoms with Crippen LogP contribution in [0, 0.1) is 0 Å². The molecule has 0 aromatic heterocycles. The maximum absolute atomic E-state index is 9.82. The van der Waals surface area contributed by atoms with Gasteiger partial charge in [0.1, 0.15) is 0 Å². The maximum Gasteiger partial charge on any atom is 0.163 e. The van der Waals surface area contributed by atoms with Crippen LogP contribution in [0.15, 0.2) is 30.3 Å². The highest BCUT2D eigenvalue weighted by molar-refractivity contribution is 5.20. The largest absolute Gasteiger partial charge is 0.375 e. The smallest absolute Gasteiger partial charge is 0.163 e. The van der Waals surface area contributed by atoms with Crippen molar-refractivity contribution in [2.75, 3.05) is 19.8 Å². The third-order valence-corrected chi connectivity index (χ3v) is 1.86. The van der Waals surface area contributed by atoms with Crippen molar-refractivity contribution in [3.05, 3.63) is 35.9 Å². The van der Waals surface area contributed by atoms with E-state index in [0.29, 0.717) is 18.7 Å². The van der Waals surface area contributed by atoms with Crippen molar-refractivity contribution in [2.45, 2.75) is 5.72 Å². The van der Waals surface area contributed by atoms with Crippen LogP contribution in [-0.4, -0.2) is 24.9 Å². The number of hydrogen-bond acceptors (Lipinski definition) is 4. The molecule has 0 radical (unpaired) electrons. The highest BCUT2D eigenvalue weighted by Gasteiger charge is 2.23. The molecule has 0 amide bonds. The van der Waals surface area contributed by atoms with Crippen LogP contribution < -0.4 is 11.5 Å². The maximum atomic E-state index is 9.82. The Labute approximate surface area is 83.5 Å². The topological polar surface area (TPSA) is 81.5 Å². The van der Waals surface area contributed by atoms with Gasteiger partial charge in [-0.25, -0.2) is 0 Å². The van der Waals surface area contributed by atoms with Gasteiger partial charge in [-0.15, -0.1) is 0 Å². The van der Waals surface area contributed by atoms with Gasteiger partial charge in [-0.1, -0.05) is 30.3 Å². The minimum absolute atomic E-state index is 0.0498. The summed E-state index contributed by atoms with van der Waals surface area (Å²) in [6.45, 7) is 0.866. The number of benzene rings is 1. The van der Waals surface area contributed by atoms with Gasteiger partial charge in [-0.2, -0.15) is 0 Å². The van der Waals surface area contributed by atoms with Crippen LogP contribution >= 0.6 is 0 Å². The summed E-state index contributed by atoms with van der Waals surface area (Å²) in [5, 5.41) is 9.82. The Bertz CT molecular complexity index is 262. The lowest BCUT2D eigenvalue weighted by Gasteiger charge is -2.23. The number of nitrogens with two attached hydrogens (primary N) is 2. The molecule has 0 fully saturated rings. The number of rotatable bonds is 5. The summed E-state index contributed by atoms with van der Waals surface area (Å²) in [6, 6.07) is 9.00. The number of aliphatic hydroxyl groups is 1. The zero-order chi connectivity index (χ0) is 10.4. The first-order valence-electron chi connectivity index (χ1n) is 4.51. The number of hydrogen-bond donors (Lipinski definition) is 3. The first-order valence-corrected chi connectivity index (χ1v) is 4.51. The van der Waals surface area contributed by atoms with E-state index in [1.807, 2.05) is 18.2 Å². The lowest BCUT2D eigenvalue weighted by molar-refractivity contribution is -0.0448. The van der Waals surface area contributed by atoms with Crippen molar-refractivity contribution in [3.63, 3.8) is 0 Å². The van der Waals surface area contributed by atoms with Crippen molar-refractivity contribution < 1.29 is 9.84 Å². The fourth-order valence-corrected chi connectivity index (χ4v) is 1.12. The van der Waals surface area contributed by atoms with Crippen molar-refractivity contribution in [1.29, 1.82) is 0 Å². The summed E-state index contributed by atoms with van der Waals surface area (Å²) in [6.07, 6.45) is 0. The second kappa shape index (κ2) is 5.07. The van der Waals surface area contributed by atoms with Crippen molar-refractivity contribution in [2.24, 2.45) is 11.5 Å². The summed E-state index contributed by atoms with van der Waals surface area (Å²) in [7, 11) is 0. The van der Waals surface area contributed by atoms with E-state index in [9.17, 15) is 5.11 Å². The van der Waals surface area contributed by atoms with Crippen LogP contribution in [0.5, 0.6) is 0 Å². The minimum Gasteiger partial charge on any atom is -0.375 e. The molecule has 0 bridgehead atoms. The van der Waals surface area contributed by atoms with E-state index in [0.717, 1.165) is 0 Å². The molecule has 4 heteroatoms. The third-order valence-electron chi connectivity index (χ3n) is 1.86. The predicted molar refractivity (Wildman–Crippen MR) is 54.4 cm³/mol. The summed E-state index contributed by atoms with van der Waals surface area (Å²) in [5.74, 6) is 0. The molecule has 4 nitrogen and oxygen atoms in total. The lowest BCUT2D eigenvalue weighted by Crippen LogP contribution is -2.41. The van der Waals surface area contributed by atoms with E-state index in [2.05, 4.69) is 0 Å². The highest BCUT2D eigenvalue weighted by atomic mass is 16.5. The second-order valence-electron chi connectivity index (χ2n) is 3.13. The van der Waals surface area contributed by atoms with E-state index in [-0.39, 0.29) is 6.61 Å². The molecule has 14 heavy (non-hydrogen) atoms. The molecule has 0 saturated carbocycles. The Hall–Kier alpha value is -0.940. The standard InChI is InChI=1S/C10H16N2O2/c11-6-7-14-8-10(12,13)9-4-2-1-3-5-9/h1-5,13H,6-8,11-12H2. The van der Waals surface area contributed by atoms with Crippen molar-refractivity contribution in [3.8, 4) is 0 Å². The molecule has 0 spiro atoms. The summed E-state index contributed by atoms with van der Waals surface area (Å²) >= 11 is 0. The van der Waals surface area contributed by atoms with Gasteiger partial charge in [-0.05, 0) is 0 Å². The molecule has 1 aromatic rings. The molecule has 0 heterocycles. The molecule has 1 unspecified atom stereocenters. The van der Waals surface area contributed by atoms with Gasteiger partial charge < -0.3 is 15.6 Å². The van der Waals surface area contributed by atoms with Gasteiger partial charge in [0.2, 0.25) is 0 Å². The fraction of sp³-hybridized carbons (Fsp3) is 0.400. The Morgan fingerprint density at radius 3 is 2.50 bits per heavy atom. The fourth-order valence-electron chi connectivity index (χ4n) is 1.12. The van der Waals surface area contributed by atoms with Gasteiger partial charge in [0, 0.05) is 12.1 Å². The highest BCUT2D eigenvalue weighted by Crippen LogP contribution is 2.14. The van der Waals surface area contributed by atoms with Gasteiger partial charge in [0.25, 0.3) is 0 Å². The van der Waals surface area contributed by atoms with Crippen LogP contribution in [0.2, 0.25) is 0 Å². The molecular formula is C10H16N2O2. The molecule has 1 atom stereocenters. The van der Waals surface area contributed by atoms with Crippen molar-refractivity contribution in [1.82, 2.24) is 0 Å². The second-order valence-corrected chi connectivity index (χ2v) is 3.13. The Balaban J connectivity index is 2.56. The van der Waals surface area contributed by atoms with E-state index < -0.39 is 5.72 Å². The van der Waals surface area contributed by atoms with Crippen LogP contribution in [0.25, 0.3) is 0 Å². The monoisotopic (exact) mass is 196 g/mol. The number of ether oxygens (including phenoxy) is 1. The third kappa shape index (κ3) is 3.08. The van der Waals surface area contributed by atoms with Crippen LogP contribution in [0.4, 0.5) is 0 Å². The molecule has 5 N–H and O–H groups in total. The first-order chi connectivity index (χ1) is 6.67. The van der Waals surface area contributed by atoms with Gasteiger partial charge in [0.05, 0.1) is 13.2 Å². The van der Waals surface area contributed by atoms with Gasteiger partial charge in [0.15, 0.2) is 5.72 Å². The lowest BCUT2D eigenvalue weighted by atomic mass is 10.1. The molecule has 0 aliphatic heterocycles. The zero-order valence-electron chi connectivity index (χ0n) is 8.02. The average Bonchev–Trinajstić information content (AvgIpc) is 2.19. The Morgan fingerprint density at radius 1 is 1.29 bits per heavy atom. The van der Waals surface area contributed by atoms with Crippen LogP contribution in [0.3, 0.4) is 0 Å². The van der Waals surface area contributed by atoms with Crippen LogP contribution in [0.1, 0.15) is 5.56 Å². The average molecular weight is 196 g/mol. The molecule has 1 rings (SSSR count). The quantitative estimate of drug-likeness (QED) is 0.448. The minimum atomic E-state index is -1.43. The molecular weight excluding hydrogens is 180 g/mol. The Kier molecular flexibility index (Phi) is 4.03. The molecule has 1 aromatic carbocycles. The van der Waals surface area contributed by atoms with Gasteiger partial charge in [-0.3, -0.25) is 5.73 Å². The molecule has 0 saturated heterocycles. The molecule has 0 aliphatic carbocycles. The normalized spacial score (nSPS) is 15.1. The van der Waals surface area contributed by atoms with E-state index in [1.165, 1.54) is 0 Å². The van der Waals surface area contributed by atoms with Crippen molar-refractivity contribution >= 4 is 0 Å². The van der Waals surface area contributed by atoms with E-state index >= 15 is 0 Å². The van der Waals surface area contributed by atoms with Gasteiger partial charge >= 0.3 is 0 Å². The van der Waals surface area contributed by atoms with E-state index in [1.54, 1.807) is 12.1 Å². The zero-order valence-corrected chi connectivity index (χ0v) is 8.02. The molecule has 78 valence electrons. The Morgan fingerprint density at radius 2 is 1.93 bits per heavy atom. The SMILES string of the molecule is NCCOCC(N)(O)c1ccccc1. The van der Waals surface area contributed by atoms with E-state index in [4.69, 9.17) is 16.2 Å². The summed E-state index contributed by atoms with van der Waals surface area (Å²) in [5.41, 5.74) is 10.1. The predicted octanol–water partition coefficient (Wildman–Crippen LogP) is -0.234. The summed E-state index contributed by atoms with van der Waals surface area (Å²) in [4.78, 5) is 0. The van der Waals surface area contributed by atoms with Crippen LogP contribution in [-0.2, 0) is 10.5 Å². The molecule has 0 aliphatic rings.